The molecule has 0 bridgehead atoms. The molecule has 0 saturated heterocycles. The molecule has 2 nitrogen and oxygen atoms in total. The molecule has 0 fully saturated rings. The number of aromatic hydroxyl groups is 1. The van der Waals surface area contributed by atoms with Crippen molar-refractivity contribution in [2.45, 2.75) is 58.4 Å². The van der Waals surface area contributed by atoms with E-state index >= 15 is 0 Å². The smallest absolute Gasteiger partial charge is 0.134 e. The zero-order valence-electron chi connectivity index (χ0n) is 11.4. The summed E-state index contributed by atoms with van der Waals surface area (Å²) in [7, 11) is 0. The highest BCUT2D eigenvalue weighted by atomic mass is 35.5. The molecule has 18 heavy (non-hydrogen) atoms. The summed E-state index contributed by atoms with van der Waals surface area (Å²) in [5.74, 6) is 0.134. The number of hydrogen-bond donors (Lipinski definition) is 2. The molecule has 102 valence electrons. The number of nitrogens with one attached hydrogen (secondary N) is 1. The standard InChI is InChI=1S/C15H24ClNO/c1-3-4-5-6-7-8-12(2)17-13-9-10-15(18)14(16)11-13/h9-12,17-18H,3-8H2,1-2H3. The second kappa shape index (κ2) is 8.25. The first kappa shape index (κ1) is 15.2. The molecule has 0 aromatic heterocycles. The van der Waals surface area contributed by atoms with Gasteiger partial charge in [-0.25, -0.2) is 0 Å². The largest absolute Gasteiger partial charge is 0.506 e. The highest BCUT2D eigenvalue weighted by Crippen LogP contribution is 2.26. The van der Waals surface area contributed by atoms with Gasteiger partial charge in [0.15, 0.2) is 0 Å². The van der Waals surface area contributed by atoms with E-state index in [-0.39, 0.29) is 5.75 Å². The van der Waals surface area contributed by atoms with Crippen LogP contribution >= 0.6 is 11.6 Å². The predicted molar refractivity (Wildman–Crippen MR) is 79.6 cm³/mol. The van der Waals surface area contributed by atoms with Crippen LogP contribution in [0.15, 0.2) is 18.2 Å². The Labute approximate surface area is 115 Å². The van der Waals surface area contributed by atoms with Gasteiger partial charge < -0.3 is 10.4 Å². The van der Waals surface area contributed by atoms with Crippen molar-refractivity contribution in [3.05, 3.63) is 23.2 Å². The van der Waals surface area contributed by atoms with Crippen LogP contribution in [0.25, 0.3) is 0 Å². The predicted octanol–water partition coefficient (Wildman–Crippen LogP) is 5.21. The van der Waals surface area contributed by atoms with E-state index in [4.69, 9.17) is 11.6 Å². The van der Waals surface area contributed by atoms with E-state index in [1.165, 1.54) is 38.5 Å². The Hall–Kier alpha value is -0.890. The Balaban J connectivity index is 2.26. The Bertz CT molecular complexity index is 354. The molecule has 0 aliphatic carbocycles. The minimum Gasteiger partial charge on any atom is -0.506 e. The van der Waals surface area contributed by atoms with Crippen molar-refractivity contribution in [1.29, 1.82) is 0 Å². The summed E-state index contributed by atoms with van der Waals surface area (Å²) in [6.07, 6.45) is 7.72. The first-order valence-corrected chi connectivity index (χ1v) is 7.26. The molecule has 2 N–H and O–H groups in total. The maximum absolute atomic E-state index is 9.34. The fourth-order valence-electron chi connectivity index (χ4n) is 2.01. The molecular weight excluding hydrogens is 246 g/mol. The van der Waals surface area contributed by atoms with E-state index in [1.54, 1.807) is 12.1 Å². The van der Waals surface area contributed by atoms with E-state index < -0.39 is 0 Å². The SMILES string of the molecule is CCCCCCCC(C)Nc1ccc(O)c(Cl)c1. The number of benzene rings is 1. The van der Waals surface area contributed by atoms with Crippen LogP contribution in [-0.4, -0.2) is 11.1 Å². The summed E-state index contributed by atoms with van der Waals surface area (Å²) in [6, 6.07) is 5.69. The molecule has 3 heteroatoms. The van der Waals surface area contributed by atoms with E-state index in [1.807, 2.05) is 6.07 Å². The molecule has 1 aromatic rings. The molecule has 0 radical (unpaired) electrons. The molecular formula is C15H24ClNO. The number of unbranched alkanes of at least 4 members (excludes halogenated alkanes) is 4. The summed E-state index contributed by atoms with van der Waals surface area (Å²) in [4.78, 5) is 0. The highest BCUT2D eigenvalue weighted by molar-refractivity contribution is 6.32. The number of rotatable bonds is 8. The normalized spacial score (nSPS) is 12.4. The summed E-state index contributed by atoms with van der Waals surface area (Å²) < 4.78 is 0. The average molecular weight is 270 g/mol. The second-order valence-electron chi connectivity index (χ2n) is 4.91. The molecule has 0 saturated carbocycles. The van der Waals surface area contributed by atoms with Crippen LogP contribution in [-0.2, 0) is 0 Å². The third-order valence-corrected chi connectivity index (χ3v) is 3.40. The van der Waals surface area contributed by atoms with Crippen molar-refractivity contribution < 1.29 is 5.11 Å². The van der Waals surface area contributed by atoms with Crippen LogP contribution in [0.1, 0.15) is 52.4 Å². The third-order valence-electron chi connectivity index (χ3n) is 3.10. The maximum Gasteiger partial charge on any atom is 0.134 e. The first-order valence-electron chi connectivity index (χ1n) is 6.88. The second-order valence-corrected chi connectivity index (χ2v) is 5.32. The topological polar surface area (TPSA) is 32.3 Å². The van der Waals surface area contributed by atoms with E-state index in [9.17, 15) is 5.11 Å². The van der Waals surface area contributed by atoms with Crippen molar-refractivity contribution in [2.75, 3.05) is 5.32 Å². The van der Waals surface area contributed by atoms with Gasteiger partial charge in [-0.15, -0.1) is 0 Å². The lowest BCUT2D eigenvalue weighted by Crippen LogP contribution is -2.14. The molecule has 0 spiro atoms. The van der Waals surface area contributed by atoms with E-state index in [2.05, 4.69) is 19.2 Å². The quantitative estimate of drug-likeness (QED) is 0.502. The molecule has 0 aliphatic rings. The van der Waals surface area contributed by atoms with Gasteiger partial charge in [-0.3, -0.25) is 0 Å². The van der Waals surface area contributed by atoms with Gasteiger partial charge in [0.25, 0.3) is 0 Å². The fourth-order valence-corrected chi connectivity index (χ4v) is 2.19. The van der Waals surface area contributed by atoms with Crippen molar-refractivity contribution in [3.63, 3.8) is 0 Å². The Morgan fingerprint density at radius 1 is 1.22 bits per heavy atom. The van der Waals surface area contributed by atoms with Crippen LogP contribution in [0.4, 0.5) is 5.69 Å². The zero-order valence-corrected chi connectivity index (χ0v) is 12.1. The number of anilines is 1. The van der Waals surface area contributed by atoms with Crippen molar-refractivity contribution >= 4 is 17.3 Å². The summed E-state index contributed by atoms with van der Waals surface area (Å²) in [5, 5.41) is 13.1. The van der Waals surface area contributed by atoms with Gasteiger partial charge in [0, 0.05) is 11.7 Å². The first-order chi connectivity index (χ1) is 8.63. The van der Waals surface area contributed by atoms with Crippen LogP contribution in [0.3, 0.4) is 0 Å². The Morgan fingerprint density at radius 3 is 2.61 bits per heavy atom. The summed E-state index contributed by atoms with van der Waals surface area (Å²) in [5.41, 5.74) is 0.971. The third kappa shape index (κ3) is 5.63. The average Bonchev–Trinajstić information content (AvgIpc) is 2.34. The van der Waals surface area contributed by atoms with Crippen LogP contribution < -0.4 is 5.32 Å². The minimum atomic E-state index is 0.134. The Morgan fingerprint density at radius 2 is 1.94 bits per heavy atom. The molecule has 0 heterocycles. The lowest BCUT2D eigenvalue weighted by Gasteiger charge is -2.15. The number of halogens is 1. The number of hydrogen-bond acceptors (Lipinski definition) is 2. The van der Waals surface area contributed by atoms with Crippen LogP contribution in [0.2, 0.25) is 5.02 Å². The Kier molecular flexibility index (Phi) is 6.96. The monoisotopic (exact) mass is 269 g/mol. The minimum absolute atomic E-state index is 0.134. The van der Waals surface area contributed by atoms with Gasteiger partial charge in [0.2, 0.25) is 0 Å². The van der Waals surface area contributed by atoms with Crippen LogP contribution in [0.5, 0.6) is 5.75 Å². The summed E-state index contributed by atoms with van der Waals surface area (Å²) >= 11 is 5.87. The lowest BCUT2D eigenvalue weighted by atomic mass is 10.1. The molecule has 0 aliphatic heterocycles. The molecule has 0 amide bonds. The summed E-state index contributed by atoms with van der Waals surface area (Å²) in [6.45, 7) is 4.42. The van der Waals surface area contributed by atoms with Gasteiger partial charge in [0.05, 0.1) is 5.02 Å². The molecule has 1 aromatic carbocycles. The molecule has 1 unspecified atom stereocenters. The van der Waals surface area contributed by atoms with Gasteiger partial charge in [-0.05, 0) is 31.5 Å². The van der Waals surface area contributed by atoms with E-state index in [0.717, 1.165) is 5.69 Å². The molecule has 1 rings (SSSR count). The van der Waals surface area contributed by atoms with Crippen molar-refractivity contribution in [1.82, 2.24) is 0 Å². The van der Waals surface area contributed by atoms with E-state index in [0.29, 0.717) is 11.1 Å². The lowest BCUT2D eigenvalue weighted by molar-refractivity contribution is 0.475. The van der Waals surface area contributed by atoms with Gasteiger partial charge in [-0.1, -0.05) is 50.6 Å². The number of phenols is 1. The van der Waals surface area contributed by atoms with Crippen molar-refractivity contribution in [3.8, 4) is 5.75 Å². The fraction of sp³-hybridized carbons (Fsp3) is 0.600. The zero-order chi connectivity index (χ0) is 13.4. The maximum atomic E-state index is 9.34. The van der Waals surface area contributed by atoms with Gasteiger partial charge >= 0.3 is 0 Å². The number of phenolic OH excluding ortho intramolecular Hbond substituents is 1. The van der Waals surface area contributed by atoms with Crippen LogP contribution in [0, 0.1) is 0 Å². The van der Waals surface area contributed by atoms with Gasteiger partial charge in [0.1, 0.15) is 5.75 Å². The van der Waals surface area contributed by atoms with Gasteiger partial charge in [-0.2, -0.15) is 0 Å². The molecule has 1 atom stereocenters. The highest BCUT2D eigenvalue weighted by Gasteiger charge is 2.04. The van der Waals surface area contributed by atoms with Crippen molar-refractivity contribution in [2.24, 2.45) is 0 Å².